The Hall–Kier alpha value is 0.350. The van der Waals surface area contributed by atoms with E-state index in [-0.39, 0.29) is 0 Å². The molecule has 0 saturated carbocycles. The molecule has 0 heterocycles. The Bertz CT molecular complexity index is 35.2. The van der Waals surface area contributed by atoms with Gasteiger partial charge in [-0.1, -0.05) is 32.9 Å². The molecule has 0 aliphatic carbocycles. The molecule has 1 heteroatoms. The van der Waals surface area contributed by atoms with E-state index in [1.807, 2.05) is 0 Å². The third-order valence-electron chi connectivity index (χ3n) is 0.981. The first-order chi connectivity index (χ1) is 3.31. The third kappa shape index (κ3) is 4.20. The van der Waals surface area contributed by atoms with Crippen molar-refractivity contribution >= 4 is 12.6 Å². The molecule has 0 aliphatic heterocycles. The molecule has 0 saturated heterocycles. The smallest absolute Gasteiger partial charge is 0.00626 e. The zero-order valence-electron chi connectivity index (χ0n) is 4.81. The molecule has 0 aromatic rings. The van der Waals surface area contributed by atoms with Crippen molar-refractivity contribution < 1.29 is 0 Å². The quantitative estimate of drug-likeness (QED) is 0.531. The summed E-state index contributed by atoms with van der Waals surface area (Å²) in [5, 5.41) is 0. The van der Waals surface area contributed by atoms with Crippen LogP contribution < -0.4 is 0 Å². The van der Waals surface area contributed by atoms with Gasteiger partial charge in [0.2, 0.25) is 0 Å². The molecule has 0 spiro atoms. The van der Waals surface area contributed by atoms with Gasteiger partial charge in [0.05, 0.1) is 0 Å². The molecule has 0 N–H and O–H groups in total. The minimum atomic E-state index is 0.701. The molecule has 0 aromatic carbocycles. The van der Waals surface area contributed by atoms with E-state index in [0.29, 0.717) is 5.92 Å². The summed E-state index contributed by atoms with van der Waals surface area (Å²) in [5.74, 6) is 1.59. The second-order valence-electron chi connectivity index (χ2n) is 1.91. The van der Waals surface area contributed by atoms with Gasteiger partial charge in [-0.3, -0.25) is 0 Å². The summed E-state index contributed by atoms with van der Waals surface area (Å²) in [7, 11) is 0. The van der Waals surface area contributed by atoms with E-state index >= 15 is 0 Å². The van der Waals surface area contributed by atoms with E-state index < -0.39 is 0 Å². The van der Waals surface area contributed by atoms with Crippen LogP contribution in [0.4, 0.5) is 0 Å². The molecular formula is C6H12S. The standard InChI is InChI=1S/C6H12S/c1-3-4-6(2)5-7/h6H,1,3-5H2,2H3. The normalized spacial score (nSPS) is 14.1. The van der Waals surface area contributed by atoms with Crippen LogP contribution in [-0.2, 0) is 0 Å². The summed E-state index contributed by atoms with van der Waals surface area (Å²) in [6, 6.07) is 0. The van der Waals surface area contributed by atoms with E-state index in [0.717, 1.165) is 12.2 Å². The second-order valence-corrected chi connectivity index (χ2v) is 2.25. The van der Waals surface area contributed by atoms with Crippen molar-refractivity contribution in [3.8, 4) is 0 Å². The lowest BCUT2D eigenvalue weighted by Crippen LogP contribution is -1.93. The number of hydrogen-bond acceptors (Lipinski definition) is 0. The van der Waals surface area contributed by atoms with Crippen molar-refractivity contribution in [1.82, 2.24) is 0 Å². The predicted octanol–water partition coefficient (Wildman–Crippen LogP) is 2.43. The summed E-state index contributed by atoms with van der Waals surface area (Å²) < 4.78 is 0. The molecule has 2 radical (unpaired) electrons. The summed E-state index contributed by atoms with van der Waals surface area (Å²) in [6.07, 6.45) is 2.21. The maximum absolute atomic E-state index is 4.81. The Labute approximate surface area is 51.7 Å². The van der Waals surface area contributed by atoms with Gasteiger partial charge in [0, 0.05) is 5.75 Å². The first-order valence-corrected chi connectivity index (χ1v) is 3.26. The Balaban J connectivity index is 2.83. The van der Waals surface area contributed by atoms with Crippen LogP contribution in [0.1, 0.15) is 19.8 Å². The Morgan fingerprint density at radius 2 is 2.29 bits per heavy atom. The molecular weight excluding hydrogens is 104 g/mol. The van der Waals surface area contributed by atoms with Gasteiger partial charge in [-0.2, -0.15) is 0 Å². The monoisotopic (exact) mass is 116 g/mol. The maximum Gasteiger partial charge on any atom is 0.00626 e. The van der Waals surface area contributed by atoms with Crippen molar-refractivity contribution in [3.63, 3.8) is 0 Å². The summed E-state index contributed by atoms with van der Waals surface area (Å²) in [4.78, 5) is 0. The number of hydrogen-bond donors (Lipinski definition) is 0. The third-order valence-corrected chi connectivity index (χ3v) is 1.55. The van der Waals surface area contributed by atoms with Crippen LogP contribution in [0.5, 0.6) is 0 Å². The summed E-state index contributed by atoms with van der Waals surface area (Å²) >= 11 is 4.81. The highest BCUT2D eigenvalue weighted by Gasteiger charge is 1.93. The lowest BCUT2D eigenvalue weighted by Gasteiger charge is -2.01. The average Bonchev–Trinajstić information content (AvgIpc) is 1.68. The average molecular weight is 116 g/mol. The zero-order valence-corrected chi connectivity index (χ0v) is 5.63. The first-order valence-electron chi connectivity index (χ1n) is 2.68. The largest absolute Gasteiger partial charge is 0.0939 e. The van der Waals surface area contributed by atoms with Crippen molar-refractivity contribution in [3.05, 3.63) is 6.92 Å². The van der Waals surface area contributed by atoms with Crippen molar-refractivity contribution in [2.24, 2.45) is 5.92 Å². The van der Waals surface area contributed by atoms with Gasteiger partial charge >= 0.3 is 0 Å². The van der Waals surface area contributed by atoms with Gasteiger partial charge in [-0.05, 0) is 12.3 Å². The van der Waals surface area contributed by atoms with E-state index in [9.17, 15) is 0 Å². The van der Waals surface area contributed by atoms with Crippen LogP contribution in [0.3, 0.4) is 0 Å². The van der Waals surface area contributed by atoms with Crippen LogP contribution in [-0.4, -0.2) is 5.75 Å². The topological polar surface area (TPSA) is 0 Å². The van der Waals surface area contributed by atoms with E-state index in [1.165, 1.54) is 6.42 Å². The highest BCUT2D eigenvalue weighted by Crippen LogP contribution is 2.04. The lowest BCUT2D eigenvalue weighted by atomic mass is 10.1. The van der Waals surface area contributed by atoms with E-state index in [4.69, 9.17) is 12.6 Å². The number of rotatable bonds is 3. The fourth-order valence-corrected chi connectivity index (χ4v) is 0.598. The Morgan fingerprint density at radius 3 is 2.43 bits per heavy atom. The van der Waals surface area contributed by atoms with Gasteiger partial charge in [-0.25, -0.2) is 0 Å². The molecule has 42 valence electrons. The van der Waals surface area contributed by atoms with Gasteiger partial charge in [0.15, 0.2) is 0 Å². The molecule has 0 aromatic heterocycles. The molecule has 0 bridgehead atoms. The molecule has 1 unspecified atom stereocenters. The van der Waals surface area contributed by atoms with Crippen LogP contribution in [0.25, 0.3) is 0 Å². The van der Waals surface area contributed by atoms with E-state index in [1.54, 1.807) is 0 Å². The molecule has 7 heavy (non-hydrogen) atoms. The highest BCUT2D eigenvalue weighted by atomic mass is 32.1. The summed E-state index contributed by atoms with van der Waals surface area (Å²) in [6.45, 7) is 5.89. The van der Waals surface area contributed by atoms with Gasteiger partial charge in [0.25, 0.3) is 0 Å². The second kappa shape index (κ2) is 4.51. The molecule has 0 aliphatic rings. The van der Waals surface area contributed by atoms with Crippen LogP contribution >= 0.6 is 12.6 Å². The van der Waals surface area contributed by atoms with Gasteiger partial charge in [-0.15, -0.1) is 0 Å². The molecule has 0 fully saturated rings. The van der Waals surface area contributed by atoms with E-state index in [2.05, 4.69) is 13.8 Å². The van der Waals surface area contributed by atoms with Crippen LogP contribution in [0.15, 0.2) is 0 Å². The van der Waals surface area contributed by atoms with Crippen molar-refractivity contribution in [2.45, 2.75) is 19.8 Å². The SMILES string of the molecule is [CH2]CCC(C)C[S]. The fraction of sp³-hybridized carbons (Fsp3) is 0.833. The molecule has 0 rings (SSSR count). The van der Waals surface area contributed by atoms with Crippen molar-refractivity contribution in [1.29, 1.82) is 0 Å². The van der Waals surface area contributed by atoms with Gasteiger partial charge < -0.3 is 0 Å². The van der Waals surface area contributed by atoms with Crippen molar-refractivity contribution in [2.75, 3.05) is 5.75 Å². The zero-order chi connectivity index (χ0) is 5.70. The molecule has 1 atom stereocenters. The fourth-order valence-electron chi connectivity index (χ4n) is 0.432. The Kier molecular flexibility index (Phi) is 4.73. The maximum atomic E-state index is 4.81. The minimum absolute atomic E-state index is 0.701. The minimum Gasteiger partial charge on any atom is -0.0939 e. The van der Waals surface area contributed by atoms with Crippen LogP contribution in [0, 0.1) is 12.8 Å². The van der Waals surface area contributed by atoms with Crippen LogP contribution in [0.2, 0.25) is 0 Å². The molecule has 0 amide bonds. The van der Waals surface area contributed by atoms with Gasteiger partial charge in [0.1, 0.15) is 0 Å². The summed E-state index contributed by atoms with van der Waals surface area (Å²) in [5.41, 5.74) is 0. The highest BCUT2D eigenvalue weighted by molar-refractivity contribution is 7.80. The molecule has 0 nitrogen and oxygen atoms in total. The Morgan fingerprint density at radius 1 is 1.71 bits per heavy atom. The lowest BCUT2D eigenvalue weighted by molar-refractivity contribution is 0.604. The predicted molar refractivity (Wildman–Crippen MR) is 36.2 cm³/mol. The first kappa shape index (κ1) is 7.35.